The number of halogens is 1. The number of nitrogens with zero attached hydrogens (tertiary/aromatic N) is 5. The van der Waals surface area contributed by atoms with E-state index in [0.29, 0.717) is 43.4 Å². The van der Waals surface area contributed by atoms with Gasteiger partial charge in [-0.05, 0) is 30.7 Å². The van der Waals surface area contributed by atoms with E-state index in [-0.39, 0.29) is 5.56 Å². The summed E-state index contributed by atoms with van der Waals surface area (Å²) in [6.07, 6.45) is 2.19. The highest BCUT2D eigenvalue weighted by atomic mass is 19.1. The number of hydrogen-bond donors (Lipinski definition) is 0. The molecule has 9 heteroatoms. The highest BCUT2D eigenvalue weighted by Gasteiger charge is 2.17. The summed E-state index contributed by atoms with van der Waals surface area (Å²) in [6, 6.07) is 13.1. The van der Waals surface area contributed by atoms with Crippen molar-refractivity contribution >= 4 is 16.9 Å². The molecule has 1 aliphatic heterocycles. The minimum absolute atomic E-state index is 0.0646. The first-order valence-electron chi connectivity index (χ1n) is 11.8. The summed E-state index contributed by atoms with van der Waals surface area (Å²) in [5.74, 6) is 1.15. The first kappa shape index (κ1) is 23.0. The molecule has 1 atom stereocenters. The van der Waals surface area contributed by atoms with Gasteiger partial charge in [-0.15, -0.1) is 0 Å². The van der Waals surface area contributed by atoms with E-state index in [9.17, 15) is 9.18 Å². The molecular formula is C26H28FN5O3. The molecule has 4 aromatic rings. The number of ether oxygens (including phenoxy) is 2. The van der Waals surface area contributed by atoms with Gasteiger partial charge < -0.3 is 14.4 Å². The van der Waals surface area contributed by atoms with Crippen molar-refractivity contribution in [2.45, 2.75) is 33.3 Å². The Bertz CT molecular complexity index is 1370. The van der Waals surface area contributed by atoms with Gasteiger partial charge in [-0.1, -0.05) is 24.3 Å². The van der Waals surface area contributed by atoms with Gasteiger partial charge in [0.2, 0.25) is 12.3 Å². The summed E-state index contributed by atoms with van der Waals surface area (Å²) in [5, 5.41) is 0.624. The van der Waals surface area contributed by atoms with Gasteiger partial charge in [0.15, 0.2) is 0 Å². The van der Waals surface area contributed by atoms with Crippen LogP contribution in [0.2, 0.25) is 0 Å². The fourth-order valence-electron chi connectivity index (χ4n) is 4.45. The fraction of sp³-hybridized carbons (Fsp3) is 0.346. The first-order chi connectivity index (χ1) is 17.0. The van der Waals surface area contributed by atoms with Gasteiger partial charge in [-0.3, -0.25) is 9.48 Å². The van der Waals surface area contributed by atoms with Crippen LogP contribution in [0.3, 0.4) is 0 Å². The molecule has 3 heterocycles. The lowest BCUT2D eigenvalue weighted by molar-refractivity contribution is 0.0847. The van der Waals surface area contributed by atoms with Crippen molar-refractivity contribution in [3.63, 3.8) is 0 Å². The van der Waals surface area contributed by atoms with Crippen molar-refractivity contribution in [1.82, 2.24) is 19.3 Å². The minimum Gasteiger partial charge on any atom is -0.460 e. The number of rotatable bonds is 7. The van der Waals surface area contributed by atoms with Crippen LogP contribution in [0.4, 0.5) is 10.3 Å². The van der Waals surface area contributed by atoms with Gasteiger partial charge in [-0.2, -0.15) is 0 Å². The number of benzene rings is 2. The number of aromatic nitrogens is 4. The van der Waals surface area contributed by atoms with Crippen LogP contribution < -0.4 is 15.2 Å². The maximum absolute atomic E-state index is 13.6. The number of alkyl halides is 1. The van der Waals surface area contributed by atoms with Gasteiger partial charge in [0.05, 0.1) is 30.7 Å². The molecule has 0 bridgehead atoms. The molecule has 0 amide bonds. The summed E-state index contributed by atoms with van der Waals surface area (Å²) in [5.41, 5.74) is 3.29. The average Bonchev–Trinajstić information content (AvgIpc) is 3.15. The minimum atomic E-state index is -1.43. The molecule has 182 valence electrons. The molecule has 2 aromatic heterocycles. The monoisotopic (exact) mass is 477 g/mol. The van der Waals surface area contributed by atoms with Crippen LogP contribution in [0.5, 0.6) is 5.75 Å². The molecule has 0 aliphatic carbocycles. The second kappa shape index (κ2) is 9.87. The summed E-state index contributed by atoms with van der Waals surface area (Å²) in [4.78, 5) is 24.3. The Morgan fingerprint density at radius 2 is 1.80 bits per heavy atom. The Morgan fingerprint density at radius 1 is 1.06 bits per heavy atom. The van der Waals surface area contributed by atoms with E-state index < -0.39 is 6.36 Å². The molecule has 0 spiro atoms. The van der Waals surface area contributed by atoms with E-state index in [1.807, 2.05) is 54.3 Å². The number of fused-ring (bicyclic) bond motifs is 1. The maximum Gasteiger partial charge on any atom is 0.274 e. The van der Waals surface area contributed by atoms with E-state index >= 15 is 0 Å². The Hall–Kier alpha value is -3.72. The largest absolute Gasteiger partial charge is 0.460 e. The Balaban J connectivity index is 1.53. The maximum atomic E-state index is 13.6. The van der Waals surface area contributed by atoms with Crippen LogP contribution in [0.1, 0.15) is 19.4 Å². The number of para-hydroxylation sites is 1. The molecular weight excluding hydrogens is 449 g/mol. The van der Waals surface area contributed by atoms with Crippen LogP contribution in [-0.2, 0) is 17.8 Å². The smallest absolute Gasteiger partial charge is 0.274 e. The predicted octanol–water partition coefficient (Wildman–Crippen LogP) is 3.86. The second-order valence-electron chi connectivity index (χ2n) is 8.45. The van der Waals surface area contributed by atoms with E-state index in [4.69, 9.17) is 9.47 Å². The second-order valence-corrected chi connectivity index (χ2v) is 8.45. The summed E-state index contributed by atoms with van der Waals surface area (Å²) in [6.45, 7) is 7.04. The van der Waals surface area contributed by atoms with Crippen molar-refractivity contribution in [3.05, 3.63) is 70.8 Å². The standard InChI is InChI=1S/C26H28FN5O3/c1-3-31-25(33)22-9-8-19(21-15-28-26(29-16-21)30-10-12-34-13-11-30)14-23(22)32(31)17-20-6-4-5-7-24(20)35-18(2)27/h4-9,14-16,18H,3,10-13,17H2,1-2H3. The molecule has 0 radical (unpaired) electrons. The first-order valence-corrected chi connectivity index (χ1v) is 11.8. The van der Waals surface area contributed by atoms with Crippen molar-refractivity contribution in [3.8, 4) is 16.9 Å². The van der Waals surface area contributed by atoms with Crippen molar-refractivity contribution < 1.29 is 13.9 Å². The molecule has 35 heavy (non-hydrogen) atoms. The van der Waals surface area contributed by atoms with Gasteiger partial charge >= 0.3 is 0 Å². The molecule has 8 nitrogen and oxygen atoms in total. The zero-order valence-corrected chi connectivity index (χ0v) is 19.9. The molecule has 2 aromatic carbocycles. The predicted molar refractivity (Wildman–Crippen MR) is 133 cm³/mol. The van der Waals surface area contributed by atoms with Gasteiger partial charge in [0.1, 0.15) is 5.75 Å². The van der Waals surface area contributed by atoms with Gasteiger partial charge in [0, 0.05) is 50.1 Å². The number of morpholine rings is 1. The lowest BCUT2D eigenvalue weighted by Crippen LogP contribution is -2.37. The van der Waals surface area contributed by atoms with Crippen LogP contribution in [0.15, 0.2) is 59.7 Å². The van der Waals surface area contributed by atoms with Crippen LogP contribution >= 0.6 is 0 Å². The third-order valence-electron chi connectivity index (χ3n) is 6.18. The Kier molecular flexibility index (Phi) is 6.50. The summed E-state index contributed by atoms with van der Waals surface area (Å²) >= 11 is 0. The Morgan fingerprint density at radius 3 is 2.51 bits per heavy atom. The number of anilines is 1. The van der Waals surface area contributed by atoms with E-state index in [1.165, 1.54) is 6.92 Å². The zero-order valence-electron chi connectivity index (χ0n) is 19.9. The third kappa shape index (κ3) is 4.64. The van der Waals surface area contributed by atoms with Gasteiger partial charge in [-0.25, -0.2) is 19.0 Å². The SMILES string of the molecule is CCn1c(=O)c2ccc(-c3cnc(N4CCOCC4)nc3)cc2n1Cc1ccccc1OC(C)F. The molecule has 1 saturated heterocycles. The Labute approximate surface area is 202 Å². The molecule has 1 aliphatic rings. The quantitative estimate of drug-likeness (QED) is 0.403. The van der Waals surface area contributed by atoms with Crippen molar-refractivity contribution in [1.29, 1.82) is 0 Å². The molecule has 1 fully saturated rings. The summed E-state index contributed by atoms with van der Waals surface area (Å²) in [7, 11) is 0. The summed E-state index contributed by atoms with van der Waals surface area (Å²) < 4.78 is 28.0. The molecule has 0 saturated carbocycles. The zero-order chi connectivity index (χ0) is 24.4. The molecule has 0 N–H and O–H groups in total. The van der Waals surface area contributed by atoms with E-state index in [1.54, 1.807) is 16.8 Å². The lowest BCUT2D eigenvalue weighted by atomic mass is 10.1. The lowest BCUT2D eigenvalue weighted by Gasteiger charge is -2.26. The highest BCUT2D eigenvalue weighted by molar-refractivity contribution is 5.84. The third-order valence-corrected chi connectivity index (χ3v) is 6.18. The number of hydrogen-bond acceptors (Lipinski definition) is 6. The fourth-order valence-corrected chi connectivity index (χ4v) is 4.45. The van der Waals surface area contributed by atoms with Crippen LogP contribution in [0, 0.1) is 0 Å². The van der Waals surface area contributed by atoms with Gasteiger partial charge in [0.25, 0.3) is 5.56 Å². The van der Waals surface area contributed by atoms with Crippen LogP contribution in [-0.4, -0.2) is 52.0 Å². The van der Waals surface area contributed by atoms with E-state index in [2.05, 4.69) is 14.9 Å². The van der Waals surface area contributed by atoms with Crippen molar-refractivity contribution in [2.24, 2.45) is 0 Å². The van der Waals surface area contributed by atoms with Crippen molar-refractivity contribution in [2.75, 3.05) is 31.2 Å². The average molecular weight is 478 g/mol. The van der Waals surface area contributed by atoms with E-state index in [0.717, 1.165) is 35.3 Å². The van der Waals surface area contributed by atoms with Crippen LogP contribution in [0.25, 0.3) is 22.0 Å². The molecule has 1 unspecified atom stereocenters. The highest BCUT2D eigenvalue weighted by Crippen LogP contribution is 2.26. The normalized spacial score (nSPS) is 14.9. The molecule has 5 rings (SSSR count). The topological polar surface area (TPSA) is 74.4 Å².